The second-order valence-corrected chi connectivity index (χ2v) is 6.01. The molecule has 0 amide bonds. The van der Waals surface area contributed by atoms with Gasteiger partial charge in [-0.25, -0.2) is 0 Å². The monoisotopic (exact) mass is 281 g/mol. The predicted octanol–water partition coefficient (Wildman–Crippen LogP) is 3.82. The Morgan fingerprint density at radius 3 is 2.71 bits per heavy atom. The van der Waals surface area contributed by atoms with Crippen LogP contribution < -0.4 is 10.1 Å². The number of para-hydroxylation sites is 1. The van der Waals surface area contributed by atoms with Crippen LogP contribution in [-0.2, 0) is 6.42 Å². The van der Waals surface area contributed by atoms with Crippen molar-refractivity contribution in [1.29, 1.82) is 0 Å². The summed E-state index contributed by atoms with van der Waals surface area (Å²) in [6, 6.07) is 15.4. The van der Waals surface area contributed by atoms with E-state index in [9.17, 15) is 0 Å². The third kappa shape index (κ3) is 2.81. The SMILES string of the molecule is CNC(c1ccc(C)cc1C)C1COc2ccccc2C1. The van der Waals surface area contributed by atoms with Crippen LogP contribution in [0.1, 0.15) is 28.3 Å². The van der Waals surface area contributed by atoms with Gasteiger partial charge < -0.3 is 10.1 Å². The molecule has 2 atom stereocenters. The predicted molar refractivity (Wildman–Crippen MR) is 86.8 cm³/mol. The number of benzene rings is 2. The molecule has 0 radical (unpaired) electrons. The summed E-state index contributed by atoms with van der Waals surface area (Å²) in [6.07, 6.45) is 1.06. The van der Waals surface area contributed by atoms with E-state index in [4.69, 9.17) is 4.74 Å². The summed E-state index contributed by atoms with van der Waals surface area (Å²) in [5.41, 5.74) is 5.37. The van der Waals surface area contributed by atoms with Crippen molar-refractivity contribution in [3.05, 3.63) is 64.7 Å². The van der Waals surface area contributed by atoms with Gasteiger partial charge in [-0.1, -0.05) is 42.0 Å². The van der Waals surface area contributed by atoms with E-state index in [0.717, 1.165) is 18.8 Å². The summed E-state index contributed by atoms with van der Waals surface area (Å²) in [5.74, 6) is 1.51. The zero-order valence-corrected chi connectivity index (χ0v) is 13.0. The van der Waals surface area contributed by atoms with Crippen LogP contribution in [0.25, 0.3) is 0 Å². The summed E-state index contributed by atoms with van der Waals surface area (Å²) in [7, 11) is 2.05. The second kappa shape index (κ2) is 5.90. The molecular weight excluding hydrogens is 258 g/mol. The Balaban J connectivity index is 1.88. The molecule has 1 heterocycles. The van der Waals surface area contributed by atoms with Gasteiger partial charge in [-0.05, 0) is 50.1 Å². The molecule has 0 fully saturated rings. The van der Waals surface area contributed by atoms with Gasteiger partial charge in [0.25, 0.3) is 0 Å². The summed E-state index contributed by atoms with van der Waals surface area (Å²) >= 11 is 0. The Bertz CT molecular complexity index is 635. The normalized spacial score (nSPS) is 18.7. The number of hydrogen-bond donors (Lipinski definition) is 1. The van der Waals surface area contributed by atoms with Gasteiger partial charge >= 0.3 is 0 Å². The average Bonchev–Trinajstić information content (AvgIpc) is 2.50. The average molecular weight is 281 g/mol. The Morgan fingerprint density at radius 1 is 1.14 bits per heavy atom. The Hall–Kier alpha value is -1.80. The van der Waals surface area contributed by atoms with Crippen molar-refractivity contribution in [2.75, 3.05) is 13.7 Å². The molecule has 2 nitrogen and oxygen atoms in total. The molecule has 110 valence electrons. The highest BCUT2D eigenvalue weighted by molar-refractivity contribution is 5.37. The smallest absolute Gasteiger partial charge is 0.122 e. The van der Waals surface area contributed by atoms with Crippen molar-refractivity contribution in [3.63, 3.8) is 0 Å². The molecule has 0 saturated carbocycles. The third-order valence-electron chi connectivity index (χ3n) is 4.45. The summed E-state index contributed by atoms with van der Waals surface area (Å²) < 4.78 is 5.96. The van der Waals surface area contributed by atoms with Gasteiger partial charge in [0.1, 0.15) is 5.75 Å². The minimum atomic E-state index is 0.332. The van der Waals surface area contributed by atoms with Gasteiger partial charge in [-0.2, -0.15) is 0 Å². The second-order valence-electron chi connectivity index (χ2n) is 6.01. The van der Waals surface area contributed by atoms with Gasteiger partial charge in [0.2, 0.25) is 0 Å². The molecule has 2 unspecified atom stereocenters. The minimum absolute atomic E-state index is 0.332. The van der Waals surface area contributed by atoms with Crippen LogP contribution in [0.3, 0.4) is 0 Å². The molecular formula is C19H23NO. The number of nitrogens with one attached hydrogen (secondary N) is 1. The van der Waals surface area contributed by atoms with Crippen molar-refractivity contribution in [2.24, 2.45) is 5.92 Å². The minimum Gasteiger partial charge on any atom is -0.493 e. The van der Waals surface area contributed by atoms with Crippen LogP contribution >= 0.6 is 0 Å². The van der Waals surface area contributed by atoms with Crippen LogP contribution in [-0.4, -0.2) is 13.7 Å². The lowest BCUT2D eigenvalue weighted by molar-refractivity contribution is 0.188. The van der Waals surface area contributed by atoms with Crippen molar-refractivity contribution in [2.45, 2.75) is 26.3 Å². The van der Waals surface area contributed by atoms with Gasteiger partial charge in [0.15, 0.2) is 0 Å². The largest absolute Gasteiger partial charge is 0.493 e. The molecule has 2 aromatic rings. The molecule has 2 aromatic carbocycles. The van der Waals surface area contributed by atoms with Gasteiger partial charge in [-0.3, -0.25) is 0 Å². The van der Waals surface area contributed by atoms with E-state index >= 15 is 0 Å². The van der Waals surface area contributed by atoms with Crippen LogP contribution in [0, 0.1) is 19.8 Å². The molecule has 0 spiro atoms. The first-order chi connectivity index (χ1) is 10.2. The first-order valence-corrected chi connectivity index (χ1v) is 7.64. The molecule has 0 aliphatic carbocycles. The first-order valence-electron chi connectivity index (χ1n) is 7.64. The summed E-state index contributed by atoms with van der Waals surface area (Å²) in [5, 5.41) is 3.50. The molecule has 21 heavy (non-hydrogen) atoms. The highest BCUT2D eigenvalue weighted by atomic mass is 16.5. The lowest BCUT2D eigenvalue weighted by Gasteiger charge is -2.32. The van der Waals surface area contributed by atoms with Gasteiger partial charge in [0.05, 0.1) is 6.61 Å². The van der Waals surface area contributed by atoms with Crippen molar-refractivity contribution < 1.29 is 4.74 Å². The molecule has 2 heteroatoms. The fraction of sp³-hybridized carbons (Fsp3) is 0.368. The highest BCUT2D eigenvalue weighted by Crippen LogP contribution is 2.34. The standard InChI is InChI=1S/C19H23NO/c1-13-8-9-17(14(2)10-13)19(20-3)16-11-15-6-4-5-7-18(15)21-12-16/h4-10,16,19-20H,11-12H2,1-3H3. The zero-order chi connectivity index (χ0) is 14.8. The van der Waals surface area contributed by atoms with Crippen LogP contribution in [0.5, 0.6) is 5.75 Å². The highest BCUT2D eigenvalue weighted by Gasteiger charge is 2.28. The van der Waals surface area contributed by atoms with E-state index in [0.29, 0.717) is 12.0 Å². The Kier molecular flexibility index (Phi) is 3.98. The van der Waals surface area contributed by atoms with Crippen molar-refractivity contribution in [1.82, 2.24) is 5.32 Å². The number of aryl methyl sites for hydroxylation is 2. The summed E-state index contributed by atoms with van der Waals surface area (Å²) in [6.45, 7) is 5.12. The summed E-state index contributed by atoms with van der Waals surface area (Å²) in [4.78, 5) is 0. The van der Waals surface area contributed by atoms with Crippen molar-refractivity contribution >= 4 is 0 Å². The molecule has 0 aromatic heterocycles. The van der Waals surface area contributed by atoms with Gasteiger partial charge in [0, 0.05) is 12.0 Å². The quantitative estimate of drug-likeness (QED) is 0.923. The number of rotatable bonds is 3. The molecule has 1 aliphatic rings. The van der Waals surface area contributed by atoms with Crippen molar-refractivity contribution in [3.8, 4) is 5.75 Å². The lowest BCUT2D eigenvalue weighted by atomic mass is 9.84. The van der Waals surface area contributed by atoms with E-state index in [-0.39, 0.29) is 0 Å². The fourth-order valence-electron chi connectivity index (χ4n) is 3.39. The zero-order valence-electron chi connectivity index (χ0n) is 13.0. The molecule has 0 saturated heterocycles. The number of hydrogen-bond acceptors (Lipinski definition) is 2. The molecule has 1 aliphatic heterocycles. The number of fused-ring (bicyclic) bond motifs is 1. The lowest BCUT2D eigenvalue weighted by Crippen LogP contribution is -2.33. The first kappa shape index (κ1) is 14.2. The maximum atomic E-state index is 5.96. The molecule has 3 rings (SSSR count). The van der Waals surface area contributed by atoms with E-state index in [1.165, 1.54) is 22.3 Å². The van der Waals surface area contributed by atoms with E-state index in [1.807, 2.05) is 13.1 Å². The van der Waals surface area contributed by atoms with E-state index in [1.54, 1.807) is 0 Å². The maximum Gasteiger partial charge on any atom is 0.122 e. The molecule has 1 N–H and O–H groups in total. The van der Waals surface area contributed by atoms with E-state index < -0.39 is 0 Å². The number of ether oxygens (including phenoxy) is 1. The van der Waals surface area contributed by atoms with Crippen LogP contribution in [0.2, 0.25) is 0 Å². The van der Waals surface area contributed by atoms with E-state index in [2.05, 4.69) is 55.6 Å². The fourth-order valence-corrected chi connectivity index (χ4v) is 3.39. The third-order valence-corrected chi connectivity index (χ3v) is 4.45. The Morgan fingerprint density at radius 2 is 1.95 bits per heavy atom. The van der Waals surface area contributed by atoms with Crippen LogP contribution in [0.4, 0.5) is 0 Å². The van der Waals surface area contributed by atoms with Gasteiger partial charge in [-0.15, -0.1) is 0 Å². The molecule has 0 bridgehead atoms. The Labute approximate surface area is 127 Å². The topological polar surface area (TPSA) is 21.3 Å². The maximum absolute atomic E-state index is 5.96. The van der Waals surface area contributed by atoms with Crippen LogP contribution in [0.15, 0.2) is 42.5 Å².